The summed E-state index contributed by atoms with van der Waals surface area (Å²) in [6.07, 6.45) is 20.8. The highest BCUT2D eigenvalue weighted by Crippen LogP contribution is 2.49. The Kier molecular flexibility index (Phi) is 2.47. The summed E-state index contributed by atoms with van der Waals surface area (Å²) < 4.78 is 0. The van der Waals surface area contributed by atoms with E-state index in [4.69, 9.17) is 0 Å². The molecule has 3 aliphatic carbocycles. The van der Waals surface area contributed by atoms with Crippen LogP contribution in [0.2, 0.25) is 0 Å². The van der Waals surface area contributed by atoms with E-state index in [2.05, 4.69) is 24.3 Å². The van der Waals surface area contributed by atoms with Gasteiger partial charge < -0.3 is 0 Å². The fourth-order valence-corrected chi connectivity index (χ4v) is 3.12. The van der Waals surface area contributed by atoms with Crippen molar-refractivity contribution >= 4 is 5.78 Å². The lowest BCUT2D eigenvalue weighted by Crippen LogP contribution is -2.28. The summed E-state index contributed by atoms with van der Waals surface area (Å²) in [6.45, 7) is 0. The van der Waals surface area contributed by atoms with Gasteiger partial charge in [-0.2, -0.15) is 0 Å². The summed E-state index contributed by atoms with van der Waals surface area (Å²) in [7, 11) is 0. The molecule has 1 nitrogen and oxygen atoms in total. The molecule has 0 bridgehead atoms. The first-order valence-electron chi connectivity index (χ1n) is 6.31. The third-order valence-electron chi connectivity index (χ3n) is 3.98. The summed E-state index contributed by atoms with van der Waals surface area (Å²) in [5.74, 6) is 0.0974. The standard InChI is InChI=1S/C16H16O/c17-15-9-5-8-13-6-1-3-10-16(13)11-4-2-7-14(16)12-15/h2,4-5,7-9,11-12H,1,3,6,10H2. The average molecular weight is 224 g/mol. The van der Waals surface area contributed by atoms with Gasteiger partial charge in [0.25, 0.3) is 0 Å². The van der Waals surface area contributed by atoms with Crippen molar-refractivity contribution in [2.75, 3.05) is 0 Å². The summed E-state index contributed by atoms with van der Waals surface area (Å²) >= 11 is 0. The van der Waals surface area contributed by atoms with Gasteiger partial charge in [0.15, 0.2) is 5.78 Å². The molecule has 1 heteroatoms. The van der Waals surface area contributed by atoms with E-state index in [0.717, 1.165) is 12.8 Å². The molecule has 17 heavy (non-hydrogen) atoms. The zero-order chi connectivity index (χ0) is 11.7. The predicted molar refractivity (Wildman–Crippen MR) is 69.5 cm³/mol. The highest BCUT2D eigenvalue weighted by Gasteiger charge is 2.37. The van der Waals surface area contributed by atoms with Gasteiger partial charge in [0.2, 0.25) is 0 Å². The normalized spacial score (nSPS) is 30.9. The lowest BCUT2D eigenvalue weighted by molar-refractivity contribution is -0.110. The first kappa shape index (κ1) is 10.5. The van der Waals surface area contributed by atoms with Crippen LogP contribution in [-0.4, -0.2) is 5.78 Å². The van der Waals surface area contributed by atoms with E-state index in [1.807, 2.05) is 12.2 Å². The second-order valence-corrected chi connectivity index (χ2v) is 4.95. The lowest BCUT2D eigenvalue weighted by atomic mass is 9.63. The maximum atomic E-state index is 11.7. The van der Waals surface area contributed by atoms with Crippen LogP contribution in [0, 0.1) is 5.41 Å². The first-order chi connectivity index (χ1) is 8.31. The van der Waals surface area contributed by atoms with Gasteiger partial charge in [-0.1, -0.05) is 48.5 Å². The molecule has 0 radical (unpaired) electrons. The number of hydrogen-bond donors (Lipinski definition) is 0. The van der Waals surface area contributed by atoms with E-state index in [0.29, 0.717) is 0 Å². The zero-order valence-electron chi connectivity index (χ0n) is 9.86. The van der Waals surface area contributed by atoms with Crippen LogP contribution >= 0.6 is 0 Å². The minimum absolute atomic E-state index is 0.00736. The maximum Gasteiger partial charge on any atom is 0.178 e. The van der Waals surface area contributed by atoms with Crippen LogP contribution in [0.5, 0.6) is 0 Å². The quantitative estimate of drug-likeness (QED) is 0.613. The van der Waals surface area contributed by atoms with Crippen molar-refractivity contribution in [3.63, 3.8) is 0 Å². The van der Waals surface area contributed by atoms with Crippen molar-refractivity contribution < 1.29 is 4.79 Å². The topological polar surface area (TPSA) is 17.1 Å². The Morgan fingerprint density at radius 1 is 1.06 bits per heavy atom. The monoisotopic (exact) mass is 224 g/mol. The van der Waals surface area contributed by atoms with Crippen LogP contribution in [0.3, 0.4) is 0 Å². The van der Waals surface area contributed by atoms with Gasteiger partial charge in [-0.25, -0.2) is 0 Å². The van der Waals surface area contributed by atoms with Gasteiger partial charge in [0, 0.05) is 5.41 Å². The number of ketones is 1. The number of hydrogen-bond acceptors (Lipinski definition) is 1. The summed E-state index contributed by atoms with van der Waals surface area (Å²) in [5.41, 5.74) is 2.63. The molecule has 1 atom stereocenters. The van der Waals surface area contributed by atoms with Gasteiger partial charge in [-0.05, 0) is 37.0 Å². The molecule has 1 saturated carbocycles. The molecule has 0 saturated heterocycles. The molecule has 0 aliphatic heterocycles. The second kappa shape index (κ2) is 3.99. The zero-order valence-corrected chi connectivity index (χ0v) is 9.86. The molecular formula is C16H16O. The molecule has 3 rings (SSSR count). The number of allylic oxidation sites excluding steroid dienone is 10. The van der Waals surface area contributed by atoms with E-state index >= 15 is 0 Å². The lowest BCUT2D eigenvalue weighted by Gasteiger charge is -2.40. The average Bonchev–Trinajstić information content (AvgIpc) is 2.32. The third-order valence-corrected chi connectivity index (χ3v) is 3.98. The largest absolute Gasteiger partial charge is 0.290 e. The fourth-order valence-electron chi connectivity index (χ4n) is 3.12. The van der Waals surface area contributed by atoms with Crippen LogP contribution in [0.1, 0.15) is 25.7 Å². The maximum absolute atomic E-state index is 11.7. The highest BCUT2D eigenvalue weighted by molar-refractivity contribution is 6.00. The van der Waals surface area contributed by atoms with E-state index in [9.17, 15) is 4.79 Å². The molecule has 3 aliphatic rings. The van der Waals surface area contributed by atoms with Crippen molar-refractivity contribution in [3.05, 3.63) is 59.8 Å². The van der Waals surface area contributed by atoms with E-state index in [-0.39, 0.29) is 11.2 Å². The fraction of sp³-hybridized carbons (Fsp3) is 0.312. The Morgan fingerprint density at radius 2 is 2.00 bits per heavy atom. The van der Waals surface area contributed by atoms with E-state index in [1.54, 1.807) is 12.2 Å². The molecule has 0 aromatic carbocycles. The van der Waals surface area contributed by atoms with Gasteiger partial charge in [0.1, 0.15) is 0 Å². The van der Waals surface area contributed by atoms with Crippen molar-refractivity contribution in [2.24, 2.45) is 5.41 Å². The van der Waals surface area contributed by atoms with Gasteiger partial charge >= 0.3 is 0 Å². The van der Waals surface area contributed by atoms with Crippen molar-refractivity contribution in [3.8, 4) is 0 Å². The Bertz CT molecular complexity index is 500. The Hall–Kier alpha value is -1.63. The Balaban J connectivity index is 2.19. The minimum Gasteiger partial charge on any atom is -0.290 e. The molecule has 0 aromatic heterocycles. The highest BCUT2D eigenvalue weighted by atomic mass is 16.1. The number of rotatable bonds is 0. The molecule has 1 spiro atoms. The van der Waals surface area contributed by atoms with Crippen LogP contribution in [0.25, 0.3) is 0 Å². The van der Waals surface area contributed by atoms with Gasteiger partial charge in [-0.15, -0.1) is 0 Å². The smallest absolute Gasteiger partial charge is 0.178 e. The molecule has 0 aromatic rings. The van der Waals surface area contributed by atoms with Gasteiger partial charge in [-0.3, -0.25) is 4.79 Å². The van der Waals surface area contributed by atoms with Crippen LogP contribution < -0.4 is 0 Å². The molecule has 0 amide bonds. The first-order valence-corrected chi connectivity index (χ1v) is 6.31. The number of carbonyl (C=O) groups excluding carboxylic acids is 1. The molecule has 1 unspecified atom stereocenters. The third kappa shape index (κ3) is 1.66. The molecular weight excluding hydrogens is 208 g/mol. The summed E-state index contributed by atoms with van der Waals surface area (Å²) in [4.78, 5) is 11.7. The van der Waals surface area contributed by atoms with E-state index in [1.165, 1.54) is 24.0 Å². The molecule has 86 valence electrons. The van der Waals surface area contributed by atoms with Gasteiger partial charge in [0.05, 0.1) is 0 Å². The van der Waals surface area contributed by atoms with E-state index < -0.39 is 0 Å². The van der Waals surface area contributed by atoms with Crippen LogP contribution in [-0.2, 0) is 4.79 Å². The van der Waals surface area contributed by atoms with Crippen molar-refractivity contribution in [1.29, 1.82) is 0 Å². The van der Waals surface area contributed by atoms with Crippen LogP contribution in [0.4, 0.5) is 0 Å². The number of carbonyl (C=O) groups is 1. The Labute approximate surface area is 102 Å². The SMILES string of the molecule is O=C1C=CC=C2CCCCC23C=CC=CC3=C1. The Morgan fingerprint density at radius 3 is 2.94 bits per heavy atom. The van der Waals surface area contributed by atoms with Crippen LogP contribution in [0.15, 0.2) is 59.8 Å². The minimum atomic E-state index is 0.00736. The summed E-state index contributed by atoms with van der Waals surface area (Å²) in [5, 5.41) is 0. The molecule has 0 heterocycles. The molecule has 1 fully saturated rings. The van der Waals surface area contributed by atoms with Crippen molar-refractivity contribution in [1.82, 2.24) is 0 Å². The van der Waals surface area contributed by atoms with Crippen molar-refractivity contribution in [2.45, 2.75) is 25.7 Å². The predicted octanol–water partition coefficient (Wildman–Crippen LogP) is 3.66. The summed E-state index contributed by atoms with van der Waals surface area (Å²) in [6, 6.07) is 0. The second-order valence-electron chi connectivity index (χ2n) is 4.95. The molecule has 0 N–H and O–H groups in total.